The number of hydrogen-bond acceptors (Lipinski definition) is 0. The number of alkyl halides is 3. The highest BCUT2D eigenvalue weighted by Crippen LogP contribution is 2.37. The zero-order chi connectivity index (χ0) is 22.9. The molecule has 5 heteroatoms. The van der Waals surface area contributed by atoms with Crippen molar-refractivity contribution in [3.63, 3.8) is 0 Å². The highest BCUT2D eigenvalue weighted by molar-refractivity contribution is 5.85. The summed E-state index contributed by atoms with van der Waals surface area (Å²) in [4.78, 5) is 0. The average molecular weight is 438 g/mol. The lowest BCUT2D eigenvalue weighted by molar-refractivity contribution is -0.140. The smallest absolute Gasteiger partial charge is 0.206 e. The van der Waals surface area contributed by atoms with Crippen LogP contribution in [0.15, 0.2) is 48.5 Å². The van der Waals surface area contributed by atoms with Gasteiger partial charge in [-0.15, -0.1) is 12.3 Å². The third-order valence-corrected chi connectivity index (χ3v) is 6.03. The Morgan fingerprint density at radius 3 is 2.25 bits per heavy atom. The quantitative estimate of drug-likeness (QED) is 0.274. The summed E-state index contributed by atoms with van der Waals surface area (Å²) in [5.41, 5.74) is -0.0667. The van der Waals surface area contributed by atoms with Crippen LogP contribution in [0.1, 0.15) is 53.9 Å². The number of rotatable bonds is 1. The normalized spacial score (nSPS) is 18.6. The summed E-state index contributed by atoms with van der Waals surface area (Å²) in [6.07, 6.45) is 4.75. The molecule has 0 aliphatic heterocycles. The molecule has 0 nitrogen and oxygen atoms in total. The van der Waals surface area contributed by atoms with E-state index in [1.54, 1.807) is 12.1 Å². The standard InChI is InChI=1S/C27H19F5/c1-2-17-3-7-19(8-4-17)21-12-13-23-22(16-21)11-10-20(26(23)29)9-5-18-6-14-24(25(28)15-18)27(30,31)32/h1,6,10-17,19H,3-4,7-8H2. The Morgan fingerprint density at radius 2 is 1.59 bits per heavy atom. The molecule has 0 bridgehead atoms. The molecule has 162 valence electrons. The Labute approximate surface area is 183 Å². The third kappa shape index (κ3) is 4.48. The van der Waals surface area contributed by atoms with Gasteiger partial charge in [-0.25, -0.2) is 8.78 Å². The van der Waals surface area contributed by atoms with Crippen molar-refractivity contribution >= 4 is 10.8 Å². The maximum Gasteiger partial charge on any atom is 0.419 e. The second kappa shape index (κ2) is 8.67. The molecule has 3 aromatic rings. The van der Waals surface area contributed by atoms with E-state index in [1.807, 2.05) is 12.1 Å². The summed E-state index contributed by atoms with van der Waals surface area (Å²) in [5.74, 6) is 6.79. The Bertz CT molecular complexity index is 1260. The van der Waals surface area contributed by atoms with Gasteiger partial charge in [-0.3, -0.25) is 0 Å². The lowest BCUT2D eigenvalue weighted by Crippen LogP contribution is -2.11. The molecule has 0 atom stereocenters. The van der Waals surface area contributed by atoms with Crippen LogP contribution in [0.4, 0.5) is 22.0 Å². The van der Waals surface area contributed by atoms with Crippen LogP contribution in [0.2, 0.25) is 0 Å². The van der Waals surface area contributed by atoms with Gasteiger partial charge in [0.15, 0.2) is 0 Å². The van der Waals surface area contributed by atoms with Crippen molar-refractivity contribution in [3.05, 3.63) is 82.4 Å². The van der Waals surface area contributed by atoms with Crippen LogP contribution in [0.5, 0.6) is 0 Å². The molecular weight excluding hydrogens is 419 g/mol. The van der Waals surface area contributed by atoms with Crippen molar-refractivity contribution in [2.75, 3.05) is 0 Å². The number of hydrogen-bond donors (Lipinski definition) is 0. The summed E-state index contributed by atoms with van der Waals surface area (Å²) in [6.45, 7) is 0. The van der Waals surface area contributed by atoms with Crippen molar-refractivity contribution in [3.8, 4) is 24.2 Å². The largest absolute Gasteiger partial charge is 0.419 e. The van der Waals surface area contributed by atoms with E-state index in [2.05, 4.69) is 17.8 Å². The monoisotopic (exact) mass is 438 g/mol. The molecule has 32 heavy (non-hydrogen) atoms. The minimum absolute atomic E-state index is 0.0351. The maximum absolute atomic E-state index is 15.0. The lowest BCUT2D eigenvalue weighted by atomic mass is 9.78. The zero-order valence-corrected chi connectivity index (χ0v) is 17.1. The summed E-state index contributed by atoms with van der Waals surface area (Å²) >= 11 is 0. The molecule has 0 amide bonds. The predicted octanol–water partition coefficient (Wildman–Crippen LogP) is 7.44. The molecule has 1 aliphatic rings. The zero-order valence-electron chi connectivity index (χ0n) is 17.1. The molecular formula is C27H19F5. The van der Waals surface area contributed by atoms with Gasteiger partial charge in [0, 0.05) is 16.9 Å². The Balaban J connectivity index is 1.59. The second-order valence-corrected chi connectivity index (χ2v) is 8.07. The van der Waals surface area contributed by atoms with E-state index in [1.165, 1.54) is 6.07 Å². The predicted molar refractivity (Wildman–Crippen MR) is 115 cm³/mol. The highest BCUT2D eigenvalue weighted by atomic mass is 19.4. The minimum Gasteiger partial charge on any atom is -0.206 e. The van der Waals surface area contributed by atoms with E-state index in [0.29, 0.717) is 29.4 Å². The lowest BCUT2D eigenvalue weighted by Gasteiger charge is -2.26. The molecule has 0 unspecified atom stereocenters. The molecule has 4 rings (SSSR count). The molecule has 1 saturated carbocycles. The van der Waals surface area contributed by atoms with Crippen LogP contribution in [-0.2, 0) is 6.18 Å². The average Bonchev–Trinajstić information content (AvgIpc) is 2.77. The van der Waals surface area contributed by atoms with Crippen molar-refractivity contribution in [1.82, 2.24) is 0 Å². The van der Waals surface area contributed by atoms with E-state index in [4.69, 9.17) is 6.42 Å². The highest BCUT2D eigenvalue weighted by Gasteiger charge is 2.33. The van der Waals surface area contributed by atoms with Crippen LogP contribution in [0, 0.1) is 41.7 Å². The van der Waals surface area contributed by atoms with Crippen LogP contribution in [0.3, 0.4) is 0 Å². The van der Waals surface area contributed by atoms with Gasteiger partial charge >= 0.3 is 6.18 Å². The SMILES string of the molecule is C#CC1CCC(c2ccc3c(F)c(C#Cc4ccc(C(F)(F)F)c(F)c4)ccc3c2)CC1. The van der Waals surface area contributed by atoms with Gasteiger partial charge in [0.2, 0.25) is 0 Å². The summed E-state index contributed by atoms with van der Waals surface area (Å²) in [7, 11) is 0. The molecule has 0 saturated heterocycles. The van der Waals surface area contributed by atoms with Crippen molar-refractivity contribution in [1.29, 1.82) is 0 Å². The number of fused-ring (bicyclic) bond motifs is 1. The van der Waals surface area contributed by atoms with Gasteiger partial charge in [-0.1, -0.05) is 36.1 Å². The Morgan fingerprint density at radius 1 is 0.844 bits per heavy atom. The van der Waals surface area contributed by atoms with E-state index < -0.39 is 23.4 Å². The van der Waals surface area contributed by atoms with Crippen LogP contribution >= 0.6 is 0 Å². The minimum atomic E-state index is -4.78. The first-order chi connectivity index (χ1) is 15.3. The molecule has 1 aliphatic carbocycles. The molecule has 3 aromatic carbocycles. The Hall–Kier alpha value is -3.31. The molecule has 0 heterocycles. The Kier molecular flexibility index (Phi) is 5.94. The second-order valence-electron chi connectivity index (χ2n) is 8.07. The summed E-state index contributed by atoms with van der Waals surface area (Å²) in [6, 6.07) is 11.4. The summed E-state index contributed by atoms with van der Waals surface area (Å²) < 4.78 is 66.8. The van der Waals surface area contributed by atoms with Crippen molar-refractivity contribution in [2.24, 2.45) is 5.92 Å². The molecule has 0 N–H and O–H groups in total. The van der Waals surface area contributed by atoms with Gasteiger partial charge in [0.05, 0.1) is 11.1 Å². The number of halogens is 5. The van der Waals surface area contributed by atoms with Crippen LogP contribution in [-0.4, -0.2) is 0 Å². The molecule has 0 spiro atoms. The van der Waals surface area contributed by atoms with Crippen LogP contribution < -0.4 is 0 Å². The van der Waals surface area contributed by atoms with Gasteiger partial charge in [-0.05, 0) is 66.8 Å². The van der Waals surface area contributed by atoms with E-state index in [9.17, 15) is 22.0 Å². The fourth-order valence-electron chi connectivity index (χ4n) is 4.22. The first-order valence-electron chi connectivity index (χ1n) is 10.3. The first kappa shape index (κ1) is 21.9. The van der Waals surface area contributed by atoms with E-state index in [0.717, 1.165) is 42.7 Å². The maximum atomic E-state index is 15.0. The van der Waals surface area contributed by atoms with Gasteiger partial charge < -0.3 is 0 Å². The summed E-state index contributed by atoms with van der Waals surface area (Å²) in [5, 5.41) is 1.17. The topological polar surface area (TPSA) is 0 Å². The molecule has 0 radical (unpaired) electrons. The fourth-order valence-corrected chi connectivity index (χ4v) is 4.22. The van der Waals surface area contributed by atoms with Gasteiger partial charge in [0.1, 0.15) is 11.6 Å². The van der Waals surface area contributed by atoms with Crippen molar-refractivity contribution < 1.29 is 22.0 Å². The van der Waals surface area contributed by atoms with Gasteiger partial charge in [-0.2, -0.15) is 13.2 Å². The first-order valence-corrected chi connectivity index (χ1v) is 10.3. The third-order valence-electron chi connectivity index (χ3n) is 6.03. The van der Waals surface area contributed by atoms with E-state index in [-0.39, 0.29) is 11.1 Å². The number of benzene rings is 3. The molecule has 0 aromatic heterocycles. The van der Waals surface area contributed by atoms with E-state index >= 15 is 0 Å². The van der Waals surface area contributed by atoms with Gasteiger partial charge in [0.25, 0.3) is 0 Å². The fraction of sp³-hybridized carbons (Fsp3) is 0.259. The molecule has 1 fully saturated rings. The van der Waals surface area contributed by atoms with Crippen molar-refractivity contribution in [2.45, 2.75) is 37.8 Å². The number of terminal acetylenes is 1. The van der Waals surface area contributed by atoms with Crippen LogP contribution in [0.25, 0.3) is 10.8 Å².